The molecule has 0 aliphatic rings. The SMILES string of the molecule is O=[N+]([O-])c1cc(Cl)cc([N+](=O)[O-])c1[N]N(c1ccccc1)c1ccccc1. The fraction of sp³-hybridized carbons (Fsp3) is 0. The minimum absolute atomic E-state index is 0.113. The molecule has 0 aliphatic carbocycles. The molecule has 135 valence electrons. The summed E-state index contributed by atoms with van der Waals surface area (Å²) in [4.78, 5) is 21.4. The van der Waals surface area contributed by atoms with Gasteiger partial charge in [0.15, 0.2) is 0 Å². The first-order valence-corrected chi connectivity index (χ1v) is 8.09. The number of nitro benzene ring substituents is 2. The van der Waals surface area contributed by atoms with Crippen molar-refractivity contribution in [3.63, 3.8) is 0 Å². The average Bonchev–Trinajstić information content (AvgIpc) is 2.67. The average molecular weight is 384 g/mol. The van der Waals surface area contributed by atoms with Gasteiger partial charge < -0.3 is 0 Å². The number of nitrogens with zero attached hydrogens (tertiary/aromatic N) is 4. The van der Waals surface area contributed by atoms with Crippen LogP contribution in [0.4, 0.5) is 28.4 Å². The van der Waals surface area contributed by atoms with Crippen LogP contribution < -0.4 is 10.4 Å². The van der Waals surface area contributed by atoms with Gasteiger partial charge in [0.1, 0.15) is 0 Å². The number of rotatable bonds is 6. The van der Waals surface area contributed by atoms with Crippen molar-refractivity contribution in [2.75, 3.05) is 5.01 Å². The van der Waals surface area contributed by atoms with Crippen LogP contribution in [0.25, 0.3) is 0 Å². The maximum Gasteiger partial charge on any atom is 0.305 e. The lowest BCUT2D eigenvalue weighted by molar-refractivity contribution is -0.392. The summed E-state index contributed by atoms with van der Waals surface area (Å²) in [6.45, 7) is 0. The third-order valence-electron chi connectivity index (χ3n) is 3.63. The summed E-state index contributed by atoms with van der Waals surface area (Å²) in [5.41, 5.74) is 3.96. The molecule has 3 rings (SSSR count). The van der Waals surface area contributed by atoms with Gasteiger partial charge in [-0.05, 0) is 24.3 Å². The number of para-hydroxylation sites is 2. The van der Waals surface area contributed by atoms with Crippen LogP contribution in [0, 0.1) is 20.2 Å². The van der Waals surface area contributed by atoms with E-state index in [1.807, 2.05) is 0 Å². The summed E-state index contributed by atoms with van der Waals surface area (Å²) in [5.74, 6) is 0. The summed E-state index contributed by atoms with van der Waals surface area (Å²) in [7, 11) is 0. The van der Waals surface area contributed by atoms with Crippen molar-refractivity contribution in [2.45, 2.75) is 0 Å². The standard InChI is InChI=1S/C18H12ClN4O4/c19-13-11-16(22(24)25)18(17(12-13)23(26)27)20-21(14-7-3-1-4-8-14)15-9-5-2-6-10-15/h1-12H. The van der Waals surface area contributed by atoms with Crippen LogP contribution in [0.2, 0.25) is 5.02 Å². The molecule has 3 aromatic rings. The molecule has 0 saturated carbocycles. The fourth-order valence-electron chi connectivity index (χ4n) is 2.45. The van der Waals surface area contributed by atoms with E-state index in [2.05, 4.69) is 5.43 Å². The molecule has 1 radical (unpaired) electrons. The van der Waals surface area contributed by atoms with Crippen LogP contribution >= 0.6 is 11.6 Å². The van der Waals surface area contributed by atoms with Crippen molar-refractivity contribution in [1.82, 2.24) is 5.43 Å². The Hall–Kier alpha value is -3.65. The highest BCUT2D eigenvalue weighted by molar-refractivity contribution is 6.31. The van der Waals surface area contributed by atoms with Gasteiger partial charge in [-0.1, -0.05) is 48.0 Å². The molecule has 0 spiro atoms. The van der Waals surface area contributed by atoms with E-state index in [0.29, 0.717) is 11.4 Å². The first kappa shape index (κ1) is 18.2. The number of hydrogen-bond acceptors (Lipinski definition) is 5. The molecule has 0 atom stereocenters. The Morgan fingerprint density at radius 1 is 0.778 bits per heavy atom. The molecular formula is C18H12ClN4O4. The highest BCUT2D eigenvalue weighted by Gasteiger charge is 2.30. The third-order valence-corrected chi connectivity index (χ3v) is 3.85. The maximum atomic E-state index is 11.4. The van der Waals surface area contributed by atoms with Gasteiger partial charge >= 0.3 is 11.4 Å². The van der Waals surface area contributed by atoms with E-state index in [9.17, 15) is 20.2 Å². The monoisotopic (exact) mass is 383 g/mol. The lowest BCUT2D eigenvalue weighted by Gasteiger charge is -2.23. The molecule has 9 heteroatoms. The molecule has 0 unspecified atom stereocenters. The Kier molecular flexibility index (Phi) is 5.18. The molecule has 27 heavy (non-hydrogen) atoms. The van der Waals surface area contributed by atoms with E-state index in [-0.39, 0.29) is 10.7 Å². The predicted octanol–water partition coefficient (Wildman–Crippen LogP) is 5.15. The Balaban J connectivity index is 2.17. The van der Waals surface area contributed by atoms with E-state index in [1.165, 1.54) is 5.01 Å². The smallest absolute Gasteiger partial charge is 0.258 e. The molecule has 0 aliphatic heterocycles. The van der Waals surface area contributed by atoms with Crippen molar-refractivity contribution < 1.29 is 9.85 Å². The highest BCUT2D eigenvalue weighted by atomic mass is 35.5. The second kappa shape index (κ2) is 7.71. The molecule has 0 bridgehead atoms. The minimum atomic E-state index is -0.744. The molecule has 0 N–H and O–H groups in total. The lowest BCUT2D eigenvalue weighted by atomic mass is 10.2. The first-order valence-electron chi connectivity index (χ1n) is 7.71. The molecule has 0 amide bonds. The van der Waals surface area contributed by atoms with E-state index in [1.54, 1.807) is 60.7 Å². The number of benzene rings is 3. The van der Waals surface area contributed by atoms with E-state index in [0.717, 1.165) is 12.1 Å². The Labute approximate surface area is 158 Å². The maximum absolute atomic E-state index is 11.4. The van der Waals surface area contributed by atoms with Crippen LogP contribution in [0.15, 0.2) is 72.8 Å². The van der Waals surface area contributed by atoms with Gasteiger partial charge in [-0.15, -0.1) is 0 Å². The number of anilines is 2. The lowest BCUT2D eigenvalue weighted by Crippen LogP contribution is -2.24. The van der Waals surface area contributed by atoms with Crippen LogP contribution in [-0.2, 0) is 0 Å². The molecule has 3 aromatic carbocycles. The number of halogens is 1. The van der Waals surface area contributed by atoms with E-state index < -0.39 is 21.2 Å². The molecule has 0 aromatic heterocycles. The Morgan fingerprint density at radius 3 is 1.56 bits per heavy atom. The zero-order valence-corrected chi connectivity index (χ0v) is 14.5. The molecular weight excluding hydrogens is 372 g/mol. The number of hydrogen-bond donors (Lipinski definition) is 0. The zero-order chi connectivity index (χ0) is 19.4. The van der Waals surface area contributed by atoms with Crippen molar-refractivity contribution in [2.24, 2.45) is 0 Å². The van der Waals surface area contributed by atoms with Gasteiger partial charge in [-0.2, -0.15) is 5.43 Å². The first-order chi connectivity index (χ1) is 13.0. The summed E-state index contributed by atoms with van der Waals surface area (Å²) >= 11 is 5.82. The van der Waals surface area contributed by atoms with Crippen LogP contribution in [0.1, 0.15) is 0 Å². The van der Waals surface area contributed by atoms with Gasteiger partial charge in [-0.3, -0.25) is 20.2 Å². The van der Waals surface area contributed by atoms with E-state index in [4.69, 9.17) is 11.6 Å². The number of nitro groups is 2. The highest BCUT2D eigenvalue weighted by Crippen LogP contribution is 2.39. The molecule has 8 nitrogen and oxygen atoms in total. The summed E-state index contributed by atoms with van der Waals surface area (Å²) in [6.07, 6.45) is 0. The van der Waals surface area contributed by atoms with Crippen LogP contribution in [-0.4, -0.2) is 9.85 Å². The minimum Gasteiger partial charge on any atom is -0.258 e. The fourth-order valence-corrected chi connectivity index (χ4v) is 2.66. The second-order valence-electron chi connectivity index (χ2n) is 5.39. The zero-order valence-electron chi connectivity index (χ0n) is 13.7. The summed E-state index contributed by atoms with van der Waals surface area (Å²) in [6, 6.07) is 19.7. The normalized spacial score (nSPS) is 10.3. The predicted molar refractivity (Wildman–Crippen MR) is 102 cm³/mol. The van der Waals surface area contributed by atoms with E-state index >= 15 is 0 Å². The molecule has 0 fully saturated rings. The van der Waals surface area contributed by atoms with Gasteiger partial charge in [0.05, 0.1) is 26.2 Å². The third kappa shape index (κ3) is 3.96. The molecule has 0 saturated heterocycles. The van der Waals surface area contributed by atoms with Crippen molar-refractivity contribution in [3.05, 3.63) is 98.0 Å². The van der Waals surface area contributed by atoms with Gasteiger partial charge in [-0.25, -0.2) is 5.01 Å². The van der Waals surface area contributed by atoms with Crippen molar-refractivity contribution in [3.8, 4) is 0 Å². The topological polar surface area (TPSA) is 104 Å². The quantitative estimate of drug-likeness (QED) is 0.432. The summed E-state index contributed by atoms with van der Waals surface area (Å²) in [5, 5.41) is 24.2. The van der Waals surface area contributed by atoms with Gasteiger partial charge in [0, 0.05) is 12.1 Å². The largest absolute Gasteiger partial charge is 0.305 e. The summed E-state index contributed by atoms with van der Waals surface area (Å²) < 4.78 is 0. The molecule has 0 heterocycles. The van der Waals surface area contributed by atoms with Gasteiger partial charge in [0.25, 0.3) is 0 Å². The Bertz CT molecular complexity index is 909. The van der Waals surface area contributed by atoms with Gasteiger partial charge in [0.2, 0.25) is 5.69 Å². The van der Waals surface area contributed by atoms with Crippen LogP contribution in [0.5, 0.6) is 0 Å². The second-order valence-corrected chi connectivity index (χ2v) is 5.83. The van der Waals surface area contributed by atoms with Crippen molar-refractivity contribution in [1.29, 1.82) is 0 Å². The van der Waals surface area contributed by atoms with Crippen molar-refractivity contribution >= 4 is 40.0 Å². The Morgan fingerprint density at radius 2 is 1.19 bits per heavy atom. The van der Waals surface area contributed by atoms with Crippen LogP contribution in [0.3, 0.4) is 0 Å².